The number of rotatable bonds is 5. The van der Waals surface area contributed by atoms with Crippen LogP contribution in [0.5, 0.6) is 0 Å². The smallest absolute Gasteiger partial charge is 0.119 e. The van der Waals surface area contributed by atoms with Gasteiger partial charge in [0.2, 0.25) is 0 Å². The first-order chi connectivity index (χ1) is 11.6. The van der Waals surface area contributed by atoms with Gasteiger partial charge in [0.15, 0.2) is 0 Å². The van der Waals surface area contributed by atoms with Gasteiger partial charge in [0.25, 0.3) is 0 Å². The maximum Gasteiger partial charge on any atom is 0.119 e. The fourth-order valence-electron chi connectivity index (χ4n) is 3.03. The second kappa shape index (κ2) is 7.04. The molecule has 0 amide bonds. The molecule has 0 saturated carbocycles. The highest BCUT2D eigenvalue weighted by Gasteiger charge is 2.32. The third-order valence-electron chi connectivity index (χ3n) is 4.22. The molecule has 120 valence electrons. The molecule has 0 heterocycles. The van der Waals surface area contributed by atoms with Crippen LogP contribution in [0.25, 0.3) is 11.1 Å². The predicted octanol–water partition coefficient (Wildman–Crippen LogP) is 5.82. The van der Waals surface area contributed by atoms with Crippen molar-refractivity contribution in [3.63, 3.8) is 0 Å². The molecule has 0 aliphatic carbocycles. The molecular weight excluding hydrogens is 316 g/mol. The Labute approximate surface area is 147 Å². The second-order valence-electron chi connectivity index (χ2n) is 5.77. The summed E-state index contributed by atoms with van der Waals surface area (Å²) in [7, 11) is 0. The molecule has 1 unspecified atom stereocenters. The van der Waals surface area contributed by atoms with Crippen molar-refractivity contribution in [3.05, 3.63) is 108 Å². The summed E-state index contributed by atoms with van der Waals surface area (Å²) in [5.41, 5.74) is 2.59. The number of halogens is 1. The molecule has 3 rings (SSSR count). The molecule has 0 aromatic heterocycles. The fraction of sp³-hybridized carbons (Fsp3) is 0.0909. The summed E-state index contributed by atoms with van der Waals surface area (Å²) in [6.45, 7) is 3.83. The molecule has 0 aliphatic heterocycles. The highest BCUT2D eigenvalue weighted by molar-refractivity contribution is 6.30. The van der Waals surface area contributed by atoms with E-state index in [1.54, 1.807) is 18.2 Å². The van der Waals surface area contributed by atoms with Gasteiger partial charge in [-0.3, -0.25) is 0 Å². The average molecular weight is 335 g/mol. The van der Waals surface area contributed by atoms with Crippen molar-refractivity contribution in [1.29, 1.82) is 0 Å². The fourth-order valence-corrected chi connectivity index (χ4v) is 3.16. The Balaban J connectivity index is 2.20. The lowest BCUT2D eigenvalue weighted by Gasteiger charge is -2.30. The van der Waals surface area contributed by atoms with E-state index < -0.39 is 5.60 Å². The molecule has 0 spiro atoms. The molecule has 1 nitrogen and oxygen atoms in total. The van der Waals surface area contributed by atoms with Gasteiger partial charge >= 0.3 is 0 Å². The Morgan fingerprint density at radius 1 is 0.875 bits per heavy atom. The van der Waals surface area contributed by atoms with E-state index >= 15 is 0 Å². The quantitative estimate of drug-likeness (QED) is 0.583. The highest BCUT2D eigenvalue weighted by Crippen LogP contribution is 2.39. The Morgan fingerprint density at radius 3 is 2.17 bits per heavy atom. The van der Waals surface area contributed by atoms with Crippen LogP contribution < -0.4 is 0 Å². The lowest BCUT2D eigenvalue weighted by atomic mass is 9.80. The van der Waals surface area contributed by atoms with Gasteiger partial charge in [0.1, 0.15) is 5.60 Å². The minimum atomic E-state index is -1.15. The lowest BCUT2D eigenvalue weighted by Crippen LogP contribution is -2.27. The zero-order valence-electron chi connectivity index (χ0n) is 13.3. The molecule has 3 aromatic rings. The maximum absolute atomic E-state index is 11.6. The molecule has 0 aliphatic rings. The first-order valence-corrected chi connectivity index (χ1v) is 8.27. The summed E-state index contributed by atoms with van der Waals surface area (Å²) < 4.78 is 0. The molecule has 2 heteroatoms. The minimum Gasteiger partial charge on any atom is -0.380 e. The normalized spacial score (nSPS) is 13.2. The topological polar surface area (TPSA) is 20.2 Å². The molecule has 0 bridgehead atoms. The van der Waals surface area contributed by atoms with Gasteiger partial charge < -0.3 is 5.11 Å². The van der Waals surface area contributed by atoms with Gasteiger partial charge in [0, 0.05) is 11.4 Å². The van der Waals surface area contributed by atoms with Gasteiger partial charge in [-0.1, -0.05) is 84.4 Å². The van der Waals surface area contributed by atoms with Crippen molar-refractivity contribution in [1.82, 2.24) is 0 Å². The van der Waals surface area contributed by atoms with E-state index in [9.17, 15) is 5.11 Å². The van der Waals surface area contributed by atoms with Gasteiger partial charge in [-0.2, -0.15) is 0 Å². The van der Waals surface area contributed by atoms with Crippen LogP contribution in [0, 0.1) is 0 Å². The van der Waals surface area contributed by atoms with Crippen LogP contribution >= 0.6 is 11.6 Å². The zero-order chi connectivity index (χ0) is 17.0. The van der Waals surface area contributed by atoms with Gasteiger partial charge in [-0.25, -0.2) is 0 Å². The summed E-state index contributed by atoms with van der Waals surface area (Å²) in [5, 5.41) is 12.2. The number of benzene rings is 3. The van der Waals surface area contributed by atoms with E-state index in [4.69, 9.17) is 11.6 Å². The van der Waals surface area contributed by atoms with E-state index in [1.165, 1.54) is 0 Å². The van der Waals surface area contributed by atoms with Crippen LogP contribution in [-0.2, 0) is 5.60 Å². The molecule has 0 saturated heterocycles. The molecule has 1 N–H and O–H groups in total. The molecule has 1 atom stereocenters. The van der Waals surface area contributed by atoms with E-state index in [1.807, 2.05) is 54.6 Å². The third kappa shape index (κ3) is 3.14. The second-order valence-corrected chi connectivity index (χ2v) is 6.21. The lowest BCUT2D eigenvalue weighted by molar-refractivity contribution is 0.0848. The van der Waals surface area contributed by atoms with Crippen LogP contribution in [0.3, 0.4) is 0 Å². The van der Waals surface area contributed by atoms with E-state index in [0.29, 0.717) is 11.4 Å². The first kappa shape index (κ1) is 16.5. The SMILES string of the molecule is C=CCC(O)(c1ccc(Cl)cc1)c1ccccc1-c1ccccc1. The van der Waals surface area contributed by atoms with Gasteiger partial charge in [0.05, 0.1) is 0 Å². The summed E-state index contributed by atoms with van der Waals surface area (Å²) >= 11 is 6.01. The van der Waals surface area contributed by atoms with Crippen molar-refractivity contribution in [3.8, 4) is 11.1 Å². The minimum absolute atomic E-state index is 0.415. The average Bonchev–Trinajstić information content (AvgIpc) is 2.63. The van der Waals surface area contributed by atoms with Crippen molar-refractivity contribution >= 4 is 11.6 Å². The van der Waals surface area contributed by atoms with Crippen molar-refractivity contribution < 1.29 is 5.11 Å². The molecule has 24 heavy (non-hydrogen) atoms. The van der Waals surface area contributed by atoms with Crippen LogP contribution in [-0.4, -0.2) is 5.11 Å². The van der Waals surface area contributed by atoms with E-state index in [2.05, 4.69) is 18.7 Å². The summed E-state index contributed by atoms with van der Waals surface area (Å²) in [6, 6.07) is 25.4. The number of hydrogen-bond donors (Lipinski definition) is 1. The Kier molecular flexibility index (Phi) is 4.84. The highest BCUT2D eigenvalue weighted by atomic mass is 35.5. The predicted molar refractivity (Wildman–Crippen MR) is 101 cm³/mol. The van der Waals surface area contributed by atoms with Crippen LogP contribution in [0.4, 0.5) is 0 Å². The number of hydrogen-bond acceptors (Lipinski definition) is 1. The van der Waals surface area contributed by atoms with Gasteiger partial charge in [-0.05, 0) is 34.4 Å². The number of aliphatic hydroxyl groups is 1. The molecule has 0 radical (unpaired) electrons. The third-order valence-corrected chi connectivity index (χ3v) is 4.47. The van der Waals surface area contributed by atoms with Crippen molar-refractivity contribution in [2.75, 3.05) is 0 Å². The van der Waals surface area contributed by atoms with E-state index in [-0.39, 0.29) is 0 Å². The summed E-state index contributed by atoms with van der Waals surface area (Å²) in [4.78, 5) is 0. The zero-order valence-corrected chi connectivity index (χ0v) is 14.1. The Hall–Kier alpha value is -2.35. The Morgan fingerprint density at radius 2 is 1.50 bits per heavy atom. The van der Waals surface area contributed by atoms with Crippen molar-refractivity contribution in [2.24, 2.45) is 0 Å². The largest absolute Gasteiger partial charge is 0.380 e. The molecular formula is C22H19ClO. The van der Waals surface area contributed by atoms with Crippen LogP contribution in [0.2, 0.25) is 5.02 Å². The van der Waals surface area contributed by atoms with Crippen LogP contribution in [0.15, 0.2) is 91.5 Å². The molecule has 3 aromatic carbocycles. The van der Waals surface area contributed by atoms with Crippen LogP contribution in [0.1, 0.15) is 17.5 Å². The standard InChI is InChI=1S/C22H19ClO/c1-2-16-22(24,18-12-14-19(23)15-13-18)21-11-7-6-10-20(21)17-8-4-3-5-9-17/h2-15,24H,1,16H2. The molecule has 0 fully saturated rings. The maximum atomic E-state index is 11.6. The first-order valence-electron chi connectivity index (χ1n) is 7.89. The summed E-state index contributed by atoms with van der Waals surface area (Å²) in [5.74, 6) is 0. The van der Waals surface area contributed by atoms with Crippen molar-refractivity contribution in [2.45, 2.75) is 12.0 Å². The van der Waals surface area contributed by atoms with Gasteiger partial charge in [-0.15, -0.1) is 6.58 Å². The Bertz CT molecular complexity index is 824. The van der Waals surface area contributed by atoms with E-state index in [0.717, 1.165) is 22.3 Å². The summed E-state index contributed by atoms with van der Waals surface area (Å²) in [6.07, 6.45) is 2.16. The monoisotopic (exact) mass is 334 g/mol.